The fraction of sp³-hybridized carbons (Fsp3) is 0.583. The van der Waals surface area contributed by atoms with Gasteiger partial charge in [0, 0.05) is 25.8 Å². The molecule has 0 aliphatic carbocycles. The van der Waals surface area contributed by atoms with Crippen LogP contribution in [0, 0.1) is 6.92 Å². The molecule has 0 fully saturated rings. The summed E-state index contributed by atoms with van der Waals surface area (Å²) < 4.78 is 24.2. The van der Waals surface area contributed by atoms with Crippen LogP contribution in [0.5, 0.6) is 0 Å². The number of aryl methyl sites for hydroxylation is 1. The van der Waals surface area contributed by atoms with E-state index in [9.17, 15) is 8.42 Å². The first-order valence-electron chi connectivity index (χ1n) is 6.05. The average molecular weight is 271 g/mol. The molecule has 1 aromatic rings. The van der Waals surface area contributed by atoms with E-state index in [1.165, 1.54) is 10.6 Å². The Kier molecular flexibility index (Phi) is 5.55. The van der Waals surface area contributed by atoms with Gasteiger partial charge in [-0.25, -0.2) is 17.7 Å². The summed E-state index contributed by atoms with van der Waals surface area (Å²) >= 11 is 0. The van der Waals surface area contributed by atoms with Gasteiger partial charge in [-0.15, -0.1) is 0 Å². The van der Waals surface area contributed by atoms with Crippen LogP contribution in [0.4, 0.5) is 5.82 Å². The Balaban J connectivity index is 2.37. The van der Waals surface area contributed by atoms with Crippen LogP contribution in [0.3, 0.4) is 0 Å². The molecule has 6 heteroatoms. The number of nitrogens with one attached hydrogen (secondary N) is 1. The van der Waals surface area contributed by atoms with Crippen LogP contribution >= 0.6 is 0 Å². The molecule has 0 spiro atoms. The summed E-state index contributed by atoms with van der Waals surface area (Å²) in [5.74, 6) is 0.861. The van der Waals surface area contributed by atoms with Gasteiger partial charge in [0.05, 0.1) is 6.26 Å². The van der Waals surface area contributed by atoms with Gasteiger partial charge in [0.2, 0.25) is 10.0 Å². The molecule has 1 rings (SSSR count). The van der Waals surface area contributed by atoms with Crippen molar-refractivity contribution in [2.45, 2.75) is 20.3 Å². The Morgan fingerprint density at radius 2 is 2.17 bits per heavy atom. The van der Waals surface area contributed by atoms with E-state index in [2.05, 4.69) is 10.3 Å². The van der Waals surface area contributed by atoms with Crippen molar-refractivity contribution in [1.82, 2.24) is 9.29 Å². The molecule has 1 N–H and O–H groups in total. The molecule has 0 aliphatic heterocycles. The summed E-state index contributed by atoms with van der Waals surface area (Å²) in [5.41, 5.74) is 1.09. The summed E-state index contributed by atoms with van der Waals surface area (Å²) in [6, 6.07) is 3.88. The van der Waals surface area contributed by atoms with Crippen molar-refractivity contribution in [3.63, 3.8) is 0 Å². The van der Waals surface area contributed by atoms with E-state index in [1.807, 2.05) is 26.0 Å². The van der Waals surface area contributed by atoms with Gasteiger partial charge in [-0.1, -0.05) is 13.0 Å². The molecule has 0 saturated carbocycles. The maximum atomic E-state index is 11.4. The van der Waals surface area contributed by atoms with Crippen LogP contribution in [-0.2, 0) is 10.0 Å². The number of pyridine rings is 1. The van der Waals surface area contributed by atoms with Crippen LogP contribution < -0.4 is 5.32 Å². The minimum Gasteiger partial charge on any atom is -0.370 e. The van der Waals surface area contributed by atoms with Gasteiger partial charge in [-0.2, -0.15) is 0 Å². The molecule has 0 aromatic carbocycles. The van der Waals surface area contributed by atoms with Gasteiger partial charge in [0.1, 0.15) is 5.82 Å². The minimum atomic E-state index is -3.08. The molecule has 0 radical (unpaired) electrons. The fourth-order valence-electron chi connectivity index (χ4n) is 1.69. The van der Waals surface area contributed by atoms with E-state index >= 15 is 0 Å². The van der Waals surface area contributed by atoms with Crippen LogP contribution in [0.2, 0.25) is 0 Å². The molecule has 0 amide bonds. The number of hydrogen-bond donors (Lipinski definition) is 1. The molecule has 0 atom stereocenters. The minimum absolute atomic E-state index is 0.515. The normalized spacial score (nSPS) is 11.8. The quantitative estimate of drug-likeness (QED) is 0.763. The van der Waals surface area contributed by atoms with Gasteiger partial charge in [-0.05, 0) is 25.0 Å². The SMILES string of the molecule is CCN(CCCNc1ncccc1C)S(C)(=O)=O. The number of hydrogen-bond acceptors (Lipinski definition) is 4. The molecule has 1 heterocycles. The van der Waals surface area contributed by atoms with Crippen molar-refractivity contribution in [2.75, 3.05) is 31.2 Å². The maximum absolute atomic E-state index is 11.4. The van der Waals surface area contributed by atoms with E-state index < -0.39 is 10.0 Å². The average Bonchev–Trinajstić information content (AvgIpc) is 2.29. The summed E-state index contributed by atoms with van der Waals surface area (Å²) in [5, 5.41) is 3.21. The standard InChI is InChI=1S/C12H21N3O2S/c1-4-15(18(3,16)17)10-6-9-14-12-11(2)7-5-8-13-12/h5,7-8H,4,6,9-10H2,1-3H3,(H,13,14). The molecule has 0 saturated heterocycles. The number of sulfonamides is 1. The smallest absolute Gasteiger partial charge is 0.211 e. The topological polar surface area (TPSA) is 62.3 Å². The molecule has 1 aromatic heterocycles. The largest absolute Gasteiger partial charge is 0.370 e. The Bertz CT molecular complexity index is 474. The van der Waals surface area contributed by atoms with Gasteiger partial charge < -0.3 is 5.32 Å². The summed E-state index contributed by atoms with van der Waals surface area (Å²) in [6.45, 7) is 5.60. The lowest BCUT2D eigenvalue weighted by Gasteiger charge is -2.17. The zero-order valence-corrected chi connectivity index (χ0v) is 12.0. The van der Waals surface area contributed by atoms with Gasteiger partial charge in [0.25, 0.3) is 0 Å². The zero-order valence-electron chi connectivity index (χ0n) is 11.2. The first-order valence-corrected chi connectivity index (χ1v) is 7.90. The molecule has 0 bridgehead atoms. The van der Waals surface area contributed by atoms with Crippen molar-refractivity contribution in [3.8, 4) is 0 Å². The Hall–Kier alpha value is -1.14. The van der Waals surface area contributed by atoms with Gasteiger partial charge in [0.15, 0.2) is 0 Å². The van der Waals surface area contributed by atoms with Crippen LogP contribution in [0.15, 0.2) is 18.3 Å². The van der Waals surface area contributed by atoms with Gasteiger partial charge >= 0.3 is 0 Å². The number of rotatable bonds is 7. The van der Waals surface area contributed by atoms with Crippen molar-refractivity contribution in [1.29, 1.82) is 0 Å². The predicted octanol–water partition coefficient (Wildman–Crippen LogP) is 1.47. The third kappa shape index (κ3) is 4.62. The Labute approximate surface area is 109 Å². The molecule has 18 heavy (non-hydrogen) atoms. The second-order valence-corrected chi connectivity index (χ2v) is 6.19. The molecular formula is C12H21N3O2S. The summed E-state index contributed by atoms with van der Waals surface area (Å²) in [4.78, 5) is 4.22. The highest BCUT2D eigenvalue weighted by Crippen LogP contribution is 2.09. The van der Waals surface area contributed by atoms with E-state index in [4.69, 9.17) is 0 Å². The second-order valence-electron chi connectivity index (χ2n) is 4.20. The maximum Gasteiger partial charge on any atom is 0.211 e. The lowest BCUT2D eigenvalue weighted by Crippen LogP contribution is -2.31. The summed E-state index contributed by atoms with van der Waals surface area (Å²) in [7, 11) is -3.08. The van der Waals surface area contributed by atoms with Crippen molar-refractivity contribution in [3.05, 3.63) is 23.9 Å². The third-order valence-corrected chi connectivity index (χ3v) is 4.09. The molecule has 0 aliphatic rings. The molecule has 5 nitrogen and oxygen atoms in total. The number of aromatic nitrogens is 1. The predicted molar refractivity (Wildman–Crippen MR) is 74.2 cm³/mol. The van der Waals surface area contributed by atoms with Crippen molar-refractivity contribution in [2.24, 2.45) is 0 Å². The van der Waals surface area contributed by atoms with E-state index in [-0.39, 0.29) is 0 Å². The number of nitrogens with zero attached hydrogens (tertiary/aromatic N) is 2. The first kappa shape index (κ1) is 14.9. The monoisotopic (exact) mass is 271 g/mol. The molecule has 102 valence electrons. The fourth-order valence-corrected chi connectivity index (χ4v) is 2.62. The number of anilines is 1. The van der Waals surface area contributed by atoms with E-state index in [1.54, 1.807) is 6.20 Å². The lowest BCUT2D eigenvalue weighted by molar-refractivity contribution is 0.428. The first-order chi connectivity index (χ1) is 8.45. The van der Waals surface area contributed by atoms with Crippen LogP contribution in [-0.4, -0.2) is 43.6 Å². The highest BCUT2D eigenvalue weighted by molar-refractivity contribution is 7.88. The lowest BCUT2D eigenvalue weighted by atomic mass is 10.3. The van der Waals surface area contributed by atoms with Crippen molar-refractivity contribution < 1.29 is 8.42 Å². The summed E-state index contributed by atoms with van der Waals surface area (Å²) in [6.07, 6.45) is 3.74. The van der Waals surface area contributed by atoms with E-state index in [0.717, 1.165) is 17.8 Å². The zero-order chi connectivity index (χ0) is 13.6. The highest BCUT2D eigenvalue weighted by atomic mass is 32.2. The van der Waals surface area contributed by atoms with E-state index in [0.29, 0.717) is 19.6 Å². The third-order valence-electron chi connectivity index (χ3n) is 2.71. The second kappa shape index (κ2) is 6.70. The molecular weight excluding hydrogens is 250 g/mol. The highest BCUT2D eigenvalue weighted by Gasteiger charge is 2.13. The van der Waals surface area contributed by atoms with Crippen LogP contribution in [0.1, 0.15) is 18.9 Å². The van der Waals surface area contributed by atoms with Crippen LogP contribution in [0.25, 0.3) is 0 Å². The van der Waals surface area contributed by atoms with Crippen molar-refractivity contribution >= 4 is 15.8 Å². The Morgan fingerprint density at radius 1 is 1.44 bits per heavy atom. The molecule has 0 unspecified atom stereocenters. The Morgan fingerprint density at radius 3 is 2.72 bits per heavy atom. The van der Waals surface area contributed by atoms with Gasteiger partial charge in [-0.3, -0.25) is 0 Å².